The van der Waals surface area contributed by atoms with E-state index < -0.39 is 0 Å². The maximum absolute atomic E-state index is 6.28. The summed E-state index contributed by atoms with van der Waals surface area (Å²) in [6.45, 7) is 0. The molecule has 0 atom stereocenters. The molecule has 0 aliphatic carbocycles. The lowest BCUT2D eigenvalue weighted by atomic mass is 10.0. The standard InChI is InChI=1S/C47H29N5.C38H24N6.C34H21N3O/c1-3-12-30(13-4-1)40-28-41(31-14-5-2-6-15-31)50-47(49-40)52-42-20-10-9-19-38(42)45-43(52)22-21-37-39-26-34-24-32-16-7-8-17-33(32)25-35(34)27-44(39)51(46(37)45)36-18-11-23-48-29-36;1-4-13-25(14-5-1)36-40-37(26-15-6-2-7-16-26)42-38(41-36)44-32-21-12-24-39-34(32)29-22-23-31-33(35(29)44)28-19-10-11-20-30(28)43(31)27-17-8-3-9-18-27;1-3-11-22(12-4-1)27-21-28(23-13-5-2-6-14-23)36-34(35-27)37-29-17-9-7-15-24(29)25-19-20-31-32(33(25)37)26-16-8-10-18-30(26)38-31/h1-29H;1-24H;1-21H. The molecule has 0 saturated carbocycles. The van der Waals surface area contributed by atoms with Crippen molar-refractivity contribution >= 4 is 153 Å². The van der Waals surface area contributed by atoms with Gasteiger partial charge in [-0.1, -0.05) is 303 Å². The van der Waals surface area contributed by atoms with Gasteiger partial charge in [-0.3, -0.25) is 23.7 Å². The van der Waals surface area contributed by atoms with Crippen molar-refractivity contribution in [2.24, 2.45) is 0 Å². The highest BCUT2D eigenvalue weighted by molar-refractivity contribution is 6.29. The molecule has 15 heteroatoms. The Hall–Kier alpha value is -18.5. The molecule has 626 valence electrons. The van der Waals surface area contributed by atoms with Crippen molar-refractivity contribution in [3.63, 3.8) is 0 Å². The Morgan fingerprint density at radius 2 is 0.604 bits per heavy atom. The summed E-state index contributed by atoms with van der Waals surface area (Å²) >= 11 is 0. The zero-order valence-corrected chi connectivity index (χ0v) is 71.9. The molecule has 0 fully saturated rings. The van der Waals surface area contributed by atoms with Crippen LogP contribution in [-0.4, -0.2) is 67.7 Å². The molecule has 0 N–H and O–H groups in total. The summed E-state index contributed by atoms with van der Waals surface area (Å²) in [6.07, 6.45) is 5.64. The molecule has 0 unspecified atom stereocenters. The summed E-state index contributed by atoms with van der Waals surface area (Å²) in [4.78, 5) is 45.5. The van der Waals surface area contributed by atoms with Gasteiger partial charge in [-0.15, -0.1) is 0 Å². The first-order valence-electron chi connectivity index (χ1n) is 44.8. The molecule has 0 saturated heterocycles. The van der Waals surface area contributed by atoms with Crippen LogP contribution in [0.1, 0.15) is 0 Å². The largest absolute Gasteiger partial charge is 0.456 e. The Balaban J connectivity index is 0.000000106. The van der Waals surface area contributed by atoms with Crippen LogP contribution in [0.25, 0.3) is 250 Å². The SMILES string of the molecule is c1ccc(-c2cc(-c3ccccc3)nc(-n3c4ccccc4c4c3ccc3c5cc6cc7ccccc7cc6cc5n(-c5cccnc5)c34)n2)cc1.c1ccc(-c2cc(-c3ccccc3)nc(-n3c4ccccc4c4ccc5oc6ccccc6c5c43)n2)cc1.c1ccc(-c2nc(-c3ccccc3)nc(-n3c4cccnc4c4ccc5c(c6ccccc6n5-c5ccccc5)c43)n2)cc1. The number of aromatic nitrogens is 14. The first-order chi connectivity index (χ1) is 66.5. The minimum absolute atomic E-state index is 0.551. The van der Waals surface area contributed by atoms with E-state index in [1.807, 2.05) is 152 Å². The van der Waals surface area contributed by atoms with E-state index in [2.05, 4.69) is 325 Å². The molecule has 17 aromatic carbocycles. The molecule has 28 rings (SSSR count). The number of benzene rings is 17. The number of nitrogens with zero attached hydrogens (tertiary/aromatic N) is 14. The van der Waals surface area contributed by atoms with Crippen LogP contribution in [0.3, 0.4) is 0 Å². The third-order valence-electron chi connectivity index (χ3n) is 25.8. The molecule has 28 aromatic rings. The van der Waals surface area contributed by atoms with Crippen molar-refractivity contribution in [1.29, 1.82) is 0 Å². The zero-order valence-electron chi connectivity index (χ0n) is 71.9. The summed E-state index contributed by atoms with van der Waals surface area (Å²) in [5, 5.41) is 17.4. The van der Waals surface area contributed by atoms with Crippen molar-refractivity contribution < 1.29 is 4.42 Å². The Kier molecular flexibility index (Phi) is 18.2. The summed E-state index contributed by atoms with van der Waals surface area (Å²) in [5.41, 5.74) is 25.0. The smallest absolute Gasteiger partial charge is 0.238 e. The molecule has 0 amide bonds. The van der Waals surface area contributed by atoms with E-state index >= 15 is 0 Å². The van der Waals surface area contributed by atoms with Crippen LogP contribution >= 0.6 is 0 Å². The number of para-hydroxylation sites is 5. The number of fused-ring (bicyclic) bond motifs is 23. The fourth-order valence-corrected chi connectivity index (χ4v) is 19.9. The summed E-state index contributed by atoms with van der Waals surface area (Å²) < 4.78 is 17.6. The van der Waals surface area contributed by atoms with Crippen LogP contribution in [0, 0.1) is 0 Å². The first kappa shape index (κ1) is 76.7. The lowest BCUT2D eigenvalue weighted by Gasteiger charge is -2.12. The molecule has 11 heterocycles. The minimum atomic E-state index is 0.551. The molecule has 0 aliphatic heterocycles. The third-order valence-corrected chi connectivity index (χ3v) is 25.8. The fraction of sp³-hybridized carbons (Fsp3) is 0. The molecule has 15 nitrogen and oxygen atoms in total. The zero-order chi connectivity index (χ0) is 88.3. The van der Waals surface area contributed by atoms with E-state index in [9.17, 15) is 0 Å². The van der Waals surface area contributed by atoms with Gasteiger partial charge in [-0.05, 0) is 149 Å². The Morgan fingerprint density at radius 1 is 0.201 bits per heavy atom. The van der Waals surface area contributed by atoms with Gasteiger partial charge in [0.15, 0.2) is 11.6 Å². The van der Waals surface area contributed by atoms with E-state index in [0.717, 1.165) is 188 Å². The van der Waals surface area contributed by atoms with Crippen LogP contribution in [0.2, 0.25) is 0 Å². The number of hydrogen-bond acceptors (Lipinski definition) is 10. The fourth-order valence-electron chi connectivity index (χ4n) is 19.9. The summed E-state index contributed by atoms with van der Waals surface area (Å²) in [5.74, 6) is 3.05. The van der Waals surface area contributed by atoms with Gasteiger partial charge in [0, 0.05) is 105 Å². The van der Waals surface area contributed by atoms with E-state index in [1.165, 1.54) is 32.3 Å². The van der Waals surface area contributed by atoms with Gasteiger partial charge in [0.1, 0.15) is 11.2 Å². The maximum Gasteiger partial charge on any atom is 0.238 e. The molecule has 0 aliphatic rings. The molecule has 134 heavy (non-hydrogen) atoms. The lowest BCUT2D eigenvalue weighted by molar-refractivity contribution is 0.669. The summed E-state index contributed by atoms with van der Waals surface area (Å²) in [7, 11) is 0. The van der Waals surface area contributed by atoms with Gasteiger partial charge >= 0.3 is 0 Å². The van der Waals surface area contributed by atoms with Gasteiger partial charge in [-0.25, -0.2) is 24.9 Å². The number of furan rings is 1. The van der Waals surface area contributed by atoms with Gasteiger partial charge in [0.05, 0.1) is 101 Å². The second-order valence-electron chi connectivity index (χ2n) is 33.6. The van der Waals surface area contributed by atoms with Gasteiger partial charge in [0.25, 0.3) is 0 Å². The van der Waals surface area contributed by atoms with Crippen molar-refractivity contribution in [2.45, 2.75) is 0 Å². The second-order valence-corrected chi connectivity index (χ2v) is 33.6. The van der Waals surface area contributed by atoms with Gasteiger partial charge in [-0.2, -0.15) is 9.97 Å². The van der Waals surface area contributed by atoms with Crippen molar-refractivity contribution in [3.8, 4) is 97.0 Å². The molecule has 11 aromatic heterocycles. The van der Waals surface area contributed by atoms with Gasteiger partial charge in [0.2, 0.25) is 17.8 Å². The second kappa shape index (κ2) is 31.8. The molecule has 0 spiro atoms. The monoisotopic (exact) mass is 1710 g/mol. The molecule has 0 bridgehead atoms. The Bertz CT molecular complexity index is 9320. The molecule has 0 radical (unpaired) electrons. The van der Waals surface area contributed by atoms with E-state index in [4.69, 9.17) is 44.3 Å². The van der Waals surface area contributed by atoms with Gasteiger partial charge < -0.3 is 13.6 Å². The first-order valence-corrected chi connectivity index (χ1v) is 44.8. The number of rotatable bonds is 11. The normalized spacial score (nSPS) is 11.7. The number of pyridine rings is 2. The van der Waals surface area contributed by atoms with E-state index in [1.54, 1.807) is 0 Å². The highest BCUT2D eigenvalue weighted by atomic mass is 16.3. The predicted molar refractivity (Wildman–Crippen MR) is 546 cm³/mol. The Labute approximate surface area is 766 Å². The highest BCUT2D eigenvalue weighted by Crippen LogP contribution is 2.47. The van der Waals surface area contributed by atoms with Crippen LogP contribution < -0.4 is 0 Å². The predicted octanol–water partition coefficient (Wildman–Crippen LogP) is 29.3. The lowest BCUT2D eigenvalue weighted by Crippen LogP contribution is -2.06. The third kappa shape index (κ3) is 12.8. The molecular weight excluding hydrogens is 1640 g/mol. The van der Waals surface area contributed by atoms with Crippen molar-refractivity contribution in [1.82, 2.24) is 67.7 Å². The van der Waals surface area contributed by atoms with Crippen LogP contribution in [-0.2, 0) is 0 Å². The summed E-state index contributed by atoms with van der Waals surface area (Å²) in [6, 6.07) is 149. The average molecular weight is 1720 g/mol. The number of hydrogen-bond donors (Lipinski definition) is 0. The molecular formula is C119H74N14O. The van der Waals surface area contributed by atoms with Crippen molar-refractivity contribution in [2.75, 3.05) is 0 Å². The van der Waals surface area contributed by atoms with Crippen LogP contribution in [0.15, 0.2) is 454 Å². The quantitative estimate of drug-likeness (QED) is 0.114. The van der Waals surface area contributed by atoms with Crippen molar-refractivity contribution in [3.05, 3.63) is 449 Å². The Morgan fingerprint density at radius 3 is 1.16 bits per heavy atom. The van der Waals surface area contributed by atoms with Crippen LogP contribution in [0.5, 0.6) is 0 Å². The van der Waals surface area contributed by atoms with E-state index in [-0.39, 0.29) is 0 Å². The van der Waals surface area contributed by atoms with E-state index in [0.29, 0.717) is 29.5 Å². The maximum atomic E-state index is 6.28. The minimum Gasteiger partial charge on any atom is -0.456 e. The highest BCUT2D eigenvalue weighted by Gasteiger charge is 2.29. The average Bonchev–Trinajstić information content (AvgIpc) is 1.54. The topological polar surface area (TPSA) is 154 Å². The van der Waals surface area contributed by atoms with Crippen LogP contribution in [0.4, 0.5) is 0 Å².